The molecule has 156 valence electrons. The minimum Gasteiger partial charge on any atom is -0.506 e. The Morgan fingerprint density at radius 2 is 1.60 bits per heavy atom. The Labute approximate surface area is 207 Å². The summed E-state index contributed by atoms with van der Waals surface area (Å²) >= 11 is 25.5. The summed E-state index contributed by atoms with van der Waals surface area (Å²) < 4.78 is -1.15. The third kappa shape index (κ3) is 5.79. The van der Waals surface area contributed by atoms with Gasteiger partial charge >= 0.3 is 0 Å². The molecule has 10 heteroatoms. The van der Waals surface area contributed by atoms with Gasteiger partial charge in [0.1, 0.15) is 11.9 Å². The summed E-state index contributed by atoms with van der Waals surface area (Å²) in [4.78, 5) is 12.6. The molecule has 0 fully saturated rings. The summed E-state index contributed by atoms with van der Waals surface area (Å²) in [5.74, 6) is -0.425. The number of thiocarbonyl (C=S) groups is 1. The lowest BCUT2D eigenvalue weighted by molar-refractivity contribution is 0.0933. The molecule has 0 saturated heterocycles. The smallest absolute Gasteiger partial charge is 0.254 e. The SMILES string of the molecule is O=C(N[C@H](NC(=S)Nc1cc2ccccc2cc1O)C(Cl)(Cl)Cl)c1ccccc1I. The molecule has 5 nitrogen and oxygen atoms in total. The van der Waals surface area contributed by atoms with Gasteiger partial charge in [-0.05, 0) is 69.8 Å². The first kappa shape index (κ1) is 23.1. The molecule has 30 heavy (non-hydrogen) atoms. The van der Waals surface area contributed by atoms with Crippen LogP contribution in [0.15, 0.2) is 60.7 Å². The van der Waals surface area contributed by atoms with Crippen molar-refractivity contribution in [2.24, 2.45) is 0 Å². The number of hydrogen-bond acceptors (Lipinski definition) is 3. The second-order valence-corrected chi connectivity index (χ2v) is 10.2. The predicted octanol–water partition coefficient (Wildman–Crippen LogP) is 5.56. The summed E-state index contributed by atoms with van der Waals surface area (Å²) in [7, 11) is 0. The van der Waals surface area contributed by atoms with E-state index in [9.17, 15) is 9.90 Å². The van der Waals surface area contributed by atoms with Crippen molar-refractivity contribution in [1.82, 2.24) is 10.6 Å². The number of phenols is 1. The van der Waals surface area contributed by atoms with Gasteiger partial charge in [-0.2, -0.15) is 0 Å². The minimum atomic E-state index is -1.90. The van der Waals surface area contributed by atoms with Crippen LogP contribution in [-0.4, -0.2) is 26.1 Å². The second-order valence-electron chi connectivity index (χ2n) is 6.24. The number of alkyl halides is 3. The number of aromatic hydroxyl groups is 1. The highest BCUT2D eigenvalue weighted by Crippen LogP contribution is 2.31. The fourth-order valence-corrected chi connectivity index (χ4v) is 3.86. The van der Waals surface area contributed by atoms with Crippen LogP contribution < -0.4 is 16.0 Å². The fraction of sp³-hybridized carbons (Fsp3) is 0.100. The lowest BCUT2D eigenvalue weighted by Gasteiger charge is -2.28. The molecular formula is C20H15Cl3IN3O2S. The van der Waals surface area contributed by atoms with Crippen LogP contribution in [0.4, 0.5) is 5.69 Å². The molecule has 1 atom stereocenters. The number of benzene rings is 3. The summed E-state index contributed by atoms with van der Waals surface area (Å²) in [5.41, 5.74) is 0.809. The number of rotatable bonds is 4. The van der Waals surface area contributed by atoms with Gasteiger partial charge in [-0.1, -0.05) is 71.2 Å². The van der Waals surface area contributed by atoms with E-state index in [1.807, 2.05) is 52.9 Å². The number of nitrogens with one attached hydrogen (secondary N) is 3. The monoisotopic (exact) mass is 593 g/mol. The highest BCUT2D eigenvalue weighted by Gasteiger charge is 2.35. The number of carbonyl (C=O) groups is 1. The number of fused-ring (bicyclic) bond motifs is 1. The zero-order chi connectivity index (χ0) is 21.9. The van der Waals surface area contributed by atoms with E-state index in [2.05, 4.69) is 16.0 Å². The number of anilines is 1. The van der Waals surface area contributed by atoms with Crippen molar-refractivity contribution in [2.45, 2.75) is 9.96 Å². The number of phenolic OH excluding ortho intramolecular Hbond substituents is 1. The highest BCUT2D eigenvalue weighted by molar-refractivity contribution is 14.1. The van der Waals surface area contributed by atoms with E-state index in [4.69, 9.17) is 47.0 Å². The Balaban J connectivity index is 1.75. The quantitative estimate of drug-likeness (QED) is 0.105. The number of hydrogen-bond donors (Lipinski definition) is 4. The van der Waals surface area contributed by atoms with E-state index in [1.165, 1.54) is 0 Å². The summed E-state index contributed by atoms with van der Waals surface area (Å²) in [6, 6.07) is 17.9. The zero-order valence-corrected chi connectivity index (χ0v) is 20.4. The Morgan fingerprint density at radius 1 is 1.00 bits per heavy atom. The van der Waals surface area contributed by atoms with Crippen LogP contribution in [0.3, 0.4) is 0 Å². The van der Waals surface area contributed by atoms with Crippen LogP contribution in [0.5, 0.6) is 5.75 Å². The third-order valence-electron chi connectivity index (χ3n) is 4.11. The van der Waals surface area contributed by atoms with Crippen molar-refractivity contribution in [1.29, 1.82) is 0 Å². The maximum absolute atomic E-state index is 12.6. The van der Waals surface area contributed by atoms with Crippen LogP contribution in [0.25, 0.3) is 10.8 Å². The Bertz CT molecular complexity index is 1110. The molecule has 0 bridgehead atoms. The molecule has 3 aromatic carbocycles. The van der Waals surface area contributed by atoms with Gasteiger partial charge in [0.25, 0.3) is 5.91 Å². The van der Waals surface area contributed by atoms with Gasteiger partial charge in [-0.3, -0.25) is 4.79 Å². The van der Waals surface area contributed by atoms with Crippen LogP contribution in [-0.2, 0) is 0 Å². The van der Waals surface area contributed by atoms with Gasteiger partial charge in [0.2, 0.25) is 3.79 Å². The molecule has 0 aromatic heterocycles. The molecule has 4 N–H and O–H groups in total. The molecule has 0 unspecified atom stereocenters. The van der Waals surface area contributed by atoms with Crippen molar-refractivity contribution < 1.29 is 9.90 Å². The van der Waals surface area contributed by atoms with E-state index < -0.39 is 15.9 Å². The van der Waals surface area contributed by atoms with Crippen LogP contribution in [0.2, 0.25) is 0 Å². The van der Waals surface area contributed by atoms with Gasteiger partial charge in [-0.15, -0.1) is 0 Å². The molecule has 0 saturated carbocycles. The second kappa shape index (κ2) is 9.74. The molecule has 0 aliphatic rings. The lowest BCUT2D eigenvalue weighted by atomic mass is 10.1. The summed E-state index contributed by atoms with van der Waals surface area (Å²) in [5, 5.41) is 20.4. The van der Waals surface area contributed by atoms with Gasteiger partial charge in [0.05, 0.1) is 11.3 Å². The van der Waals surface area contributed by atoms with Crippen molar-refractivity contribution >= 4 is 97.1 Å². The first-order chi connectivity index (χ1) is 14.1. The number of amides is 1. The van der Waals surface area contributed by atoms with Gasteiger partial charge in [0, 0.05) is 3.57 Å². The first-order valence-electron chi connectivity index (χ1n) is 8.56. The van der Waals surface area contributed by atoms with Crippen molar-refractivity contribution in [3.8, 4) is 5.75 Å². The normalized spacial score (nSPS) is 12.3. The number of halogens is 4. The van der Waals surface area contributed by atoms with E-state index in [0.717, 1.165) is 14.3 Å². The zero-order valence-electron chi connectivity index (χ0n) is 15.1. The summed E-state index contributed by atoms with van der Waals surface area (Å²) in [6.45, 7) is 0. The Hall–Kier alpha value is -1.52. The minimum absolute atomic E-state index is 0.00570. The Kier molecular flexibility index (Phi) is 7.52. The summed E-state index contributed by atoms with van der Waals surface area (Å²) in [6.07, 6.45) is -1.13. The fourth-order valence-electron chi connectivity index (χ4n) is 2.67. The molecule has 0 radical (unpaired) electrons. The van der Waals surface area contributed by atoms with Gasteiger partial charge < -0.3 is 21.1 Å². The van der Waals surface area contributed by atoms with E-state index >= 15 is 0 Å². The van der Waals surface area contributed by atoms with Gasteiger partial charge in [0.15, 0.2) is 5.11 Å². The molecule has 3 aromatic rings. The largest absolute Gasteiger partial charge is 0.506 e. The molecular weight excluding hydrogens is 580 g/mol. The average molecular weight is 595 g/mol. The Morgan fingerprint density at radius 3 is 2.23 bits per heavy atom. The van der Waals surface area contributed by atoms with Crippen LogP contribution in [0.1, 0.15) is 10.4 Å². The van der Waals surface area contributed by atoms with Gasteiger partial charge in [-0.25, -0.2) is 0 Å². The average Bonchev–Trinajstić information content (AvgIpc) is 2.67. The first-order valence-corrected chi connectivity index (χ1v) is 11.2. The molecule has 0 heterocycles. The lowest BCUT2D eigenvalue weighted by Crippen LogP contribution is -2.56. The van der Waals surface area contributed by atoms with E-state index in [1.54, 1.807) is 30.3 Å². The molecule has 0 aliphatic carbocycles. The third-order valence-corrected chi connectivity index (χ3v) is 5.92. The van der Waals surface area contributed by atoms with E-state index in [0.29, 0.717) is 11.3 Å². The molecule has 0 spiro atoms. The van der Waals surface area contributed by atoms with Crippen LogP contribution >= 0.6 is 69.6 Å². The standard InChI is InChI=1S/C20H15Cl3IN3O2S/c21-20(22,23)18(26-17(29)13-7-3-4-8-14(13)24)27-19(30)25-15-9-11-5-1-2-6-12(11)10-16(15)28/h1-10,18,28H,(H,26,29)(H2,25,27,30)/t18-/m1/s1. The number of carbonyl (C=O) groups excluding carboxylic acids is 1. The van der Waals surface area contributed by atoms with Crippen molar-refractivity contribution in [3.63, 3.8) is 0 Å². The predicted molar refractivity (Wildman–Crippen MR) is 136 cm³/mol. The molecule has 3 rings (SSSR count). The van der Waals surface area contributed by atoms with Crippen molar-refractivity contribution in [2.75, 3.05) is 5.32 Å². The molecule has 1 amide bonds. The van der Waals surface area contributed by atoms with Crippen LogP contribution in [0, 0.1) is 3.57 Å². The maximum atomic E-state index is 12.6. The topological polar surface area (TPSA) is 73.4 Å². The van der Waals surface area contributed by atoms with E-state index in [-0.39, 0.29) is 10.9 Å². The molecule has 0 aliphatic heterocycles. The highest BCUT2D eigenvalue weighted by atomic mass is 127. The maximum Gasteiger partial charge on any atom is 0.254 e. The van der Waals surface area contributed by atoms with Crippen molar-refractivity contribution in [3.05, 3.63) is 69.8 Å².